The quantitative estimate of drug-likeness (QED) is 0.431. The van der Waals surface area contributed by atoms with E-state index in [4.69, 9.17) is 39.5 Å². The zero-order valence-corrected chi connectivity index (χ0v) is 20.1. The maximum absolute atomic E-state index is 12.3. The number of ether oxygens (including phenoxy) is 1. The number of benzene rings is 2. The topological polar surface area (TPSA) is 98.1 Å². The van der Waals surface area contributed by atoms with E-state index in [-0.39, 0.29) is 24.1 Å². The van der Waals surface area contributed by atoms with Crippen LogP contribution >= 0.6 is 46.6 Å². The van der Waals surface area contributed by atoms with E-state index in [9.17, 15) is 9.59 Å². The lowest BCUT2D eigenvalue weighted by atomic mass is 10.2. The van der Waals surface area contributed by atoms with Crippen LogP contribution in [0.2, 0.25) is 15.1 Å². The molecule has 3 aromatic rings. The molecule has 32 heavy (non-hydrogen) atoms. The molecule has 0 radical (unpaired) electrons. The summed E-state index contributed by atoms with van der Waals surface area (Å²) in [5.41, 5.74) is 0.860. The lowest BCUT2D eigenvalue weighted by Gasteiger charge is -2.10. The Morgan fingerprint density at radius 2 is 1.88 bits per heavy atom. The van der Waals surface area contributed by atoms with Gasteiger partial charge in [0.25, 0.3) is 5.91 Å². The Morgan fingerprint density at radius 1 is 1.09 bits per heavy atom. The fourth-order valence-electron chi connectivity index (χ4n) is 2.62. The van der Waals surface area contributed by atoms with E-state index in [1.54, 1.807) is 41.9 Å². The summed E-state index contributed by atoms with van der Waals surface area (Å²) in [6, 6.07) is 9.58. The first-order valence-corrected chi connectivity index (χ1v) is 11.3. The van der Waals surface area contributed by atoms with Gasteiger partial charge in [-0.2, -0.15) is 0 Å². The van der Waals surface area contributed by atoms with Gasteiger partial charge in [0, 0.05) is 17.6 Å². The zero-order valence-electron chi connectivity index (χ0n) is 17.0. The molecule has 0 saturated carbocycles. The molecule has 1 heterocycles. The van der Waals surface area contributed by atoms with Crippen LogP contribution < -0.4 is 15.4 Å². The summed E-state index contributed by atoms with van der Waals surface area (Å²) in [4.78, 5) is 24.7. The van der Waals surface area contributed by atoms with Gasteiger partial charge in [-0.3, -0.25) is 9.59 Å². The van der Waals surface area contributed by atoms with Crippen molar-refractivity contribution >= 4 is 64.1 Å². The van der Waals surface area contributed by atoms with Crippen molar-refractivity contribution in [1.82, 2.24) is 20.1 Å². The van der Waals surface area contributed by atoms with Gasteiger partial charge in [-0.1, -0.05) is 46.6 Å². The predicted molar refractivity (Wildman–Crippen MR) is 126 cm³/mol. The van der Waals surface area contributed by atoms with Crippen LogP contribution in [-0.2, 0) is 18.4 Å². The van der Waals surface area contributed by atoms with Gasteiger partial charge in [0.2, 0.25) is 5.91 Å². The number of hydrogen-bond acceptors (Lipinski definition) is 6. The van der Waals surface area contributed by atoms with Gasteiger partial charge in [-0.25, -0.2) is 0 Å². The third kappa shape index (κ3) is 6.07. The fraction of sp³-hybridized carbons (Fsp3) is 0.200. The molecule has 0 aliphatic carbocycles. The standard InChI is InChI=1S/C20H18Cl3N5O3S/c1-28-17(9-24-19(30)11-3-5-13(22)14(23)7-11)26-27-20(28)32-10-18(29)25-15-8-12(21)4-6-16(15)31-2/h3-8H,9-10H2,1-2H3,(H,24,30)(H,25,29). The van der Waals surface area contributed by atoms with E-state index in [0.29, 0.717) is 43.0 Å². The van der Waals surface area contributed by atoms with Crippen LogP contribution in [-0.4, -0.2) is 39.4 Å². The molecule has 0 aliphatic heterocycles. The number of carbonyl (C=O) groups is 2. The molecule has 8 nitrogen and oxygen atoms in total. The molecule has 2 amide bonds. The minimum absolute atomic E-state index is 0.0945. The summed E-state index contributed by atoms with van der Waals surface area (Å²) in [6.07, 6.45) is 0. The first kappa shape index (κ1) is 24.2. The largest absolute Gasteiger partial charge is 0.495 e. The number of methoxy groups -OCH3 is 1. The van der Waals surface area contributed by atoms with Gasteiger partial charge in [-0.15, -0.1) is 10.2 Å². The van der Waals surface area contributed by atoms with Crippen LogP contribution in [0, 0.1) is 0 Å². The third-order valence-corrected chi connectivity index (χ3v) is 6.28. The van der Waals surface area contributed by atoms with E-state index in [1.165, 1.54) is 24.9 Å². The predicted octanol–water partition coefficient (Wildman–Crippen LogP) is 4.44. The van der Waals surface area contributed by atoms with Crippen molar-refractivity contribution in [3.8, 4) is 5.75 Å². The van der Waals surface area contributed by atoms with Gasteiger partial charge in [0.1, 0.15) is 5.75 Å². The second-order valence-corrected chi connectivity index (χ2v) is 8.64. The molecule has 0 aliphatic rings. The van der Waals surface area contributed by atoms with Crippen LogP contribution in [0.25, 0.3) is 0 Å². The molecular formula is C20H18Cl3N5O3S. The van der Waals surface area contributed by atoms with E-state index in [2.05, 4.69) is 20.8 Å². The highest BCUT2D eigenvalue weighted by Gasteiger charge is 2.15. The van der Waals surface area contributed by atoms with Crippen molar-refractivity contribution in [2.24, 2.45) is 7.05 Å². The first-order chi connectivity index (χ1) is 15.3. The minimum atomic E-state index is -0.324. The molecule has 1 aromatic heterocycles. The van der Waals surface area contributed by atoms with Gasteiger partial charge in [0.15, 0.2) is 11.0 Å². The van der Waals surface area contributed by atoms with Crippen LogP contribution in [0.5, 0.6) is 5.75 Å². The monoisotopic (exact) mass is 513 g/mol. The van der Waals surface area contributed by atoms with E-state index < -0.39 is 0 Å². The van der Waals surface area contributed by atoms with Crippen molar-refractivity contribution in [2.45, 2.75) is 11.7 Å². The van der Waals surface area contributed by atoms with Gasteiger partial charge < -0.3 is 19.9 Å². The van der Waals surface area contributed by atoms with Crippen molar-refractivity contribution in [1.29, 1.82) is 0 Å². The highest BCUT2D eigenvalue weighted by atomic mass is 35.5. The summed E-state index contributed by atoms with van der Waals surface area (Å²) in [7, 11) is 3.26. The molecular weight excluding hydrogens is 497 g/mol. The molecule has 12 heteroatoms. The number of hydrogen-bond donors (Lipinski definition) is 2. The lowest BCUT2D eigenvalue weighted by Crippen LogP contribution is -2.24. The normalized spacial score (nSPS) is 10.7. The highest BCUT2D eigenvalue weighted by Crippen LogP contribution is 2.28. The molecule has 0 atom stereocenters. The number of aromatic nitrogens is 3. The Kier molecular flexibility index (Phi) is 8.25. The zero-order chi connectivity index (χ0) is 23.3. The molecule has 0 unspecified atom stereocenters. The SMILES string of the molecule is COc1ccc(Cl)cc1NC(=O)CSc1nnc(CNC(=O)c2ccc(Cl)c(Cl)c2)n1C. The molecule has 0 bridgehead atoms. The Bertz CT molecular complexity index is 1160. The molecule has 0 fully saturated rings. The minimum Gasteiger partial charge on any atom is -0.495 e. The van der Waals surface area contributed by atoms with E-state index in [1.807, 2.05) is 0 Å². The number of carbonyl (C=O) groups excluding carboxylic acids is 2. The average Bonchev–Trinajstić information content (AvgIpc) is 3.12. The number of rotatable bonds is 8. The van der Waals surface area contributed by atoms with Crippen molar-refractivity contribution in [3.05, 3.63) is 62.9 Å². The van der Waals surface area contributed by atoms with Gasteiger partial charge in [-0.05, 0) is 36.4 Å². The average molecular weight is 515 g/mol. The van der Waals surface area contributed by atoms with Crippen LogP contribution in [0.4, 0.5) is 5.69 Å². The Balaban J connectivity index is 1.55. The third-order valence-electron chi connectivity index (χ3n) is 4.28. The molecule has 2 N–H and O–H groups in total. The molecule has 0 spiro atoms. The molecule has 3 rings (SSSR count). The van der Waals surface area contributed by atoms with Crippen molar-refractivity contribution < 1.29 is 14.3 Å². The van der Waals surface area contributed by atoms with E-state index in [0.717, 1.165) is 0 Å². The first-order valence-electron chi connectivity index (χ1n) is 9.16. The van der Waals surface area contributed by atoms with Gasteiger partial charge in [0.05, 0.1) is 35.1 Å². The fourth-order valence-corrected chi connectivity index (χ4v) is 3.82. The van der Waals surface area contributed by atoms with Gasteiger partial charge >= 0.3 is 0 Å². The smallest absolute Gasteiger partial charge is 0.251 e. The number of amides is 2. The number of halogens is 3. The highest BCUT2D eigenvalue weighted by molar-refractivity contribution is 7.99. The molecule has 0 saturated heterocycles. The van der Waals surface area contributed by atoms with Crippen LogP contribution in [0.15, 0.2) is 41.6 Å². The van der Waals surface area contributed by atoms with E-state index >= 15 is 0 Å². The number of nitrogens with one attached hydrogen (secondary N) is 2. The van der Waals surface area contributed by atoms with Crippen molar-refractivity contribution in [3.63, 3.8) is 0 Å². The maximum Gasteiger partial charge on any atom is 0.251 e. The van der Waals surface area contributed by atoms with Crippen LogP contribution in [0.1, 0.15) is 16.2 Å². The summed E-state index contributed by atoms with van der Waals surface area (Å²) in [6.45, 7) is 0.148. The number of thioether (sulfide) groups is 1. The summed E-state index contributed by atoms with van der Waals surface area (Å²) in [5, 5.41) is 15.3. The Labute approximate surface area is 203 Å². The Hall–Kier alpha value is -2.46. The summed E-state index contributed by atoms with van der Waals surface area (Å²) >= 11 is 19.0. The maximum atomic E-state index is 12.3. The number of nitrogens with zero attached hydrogens (tertiary/aromatic N) is 3. The molecule has 168 valence electrons. The lowest BCUT2D eigenvalue weighted by molar-refractivity contribution is -0.113. The van der Waals surface area contributed by atoms with Crippen molar-refractivity contribution in [2.75, 3.05) is 18.2 Å². The Morgan fingerprint density at radius 3 is 2.59 bits per heavy atom. The number of anilines is 1. The summed E-state index contributed by atoms with van der Waals surface area (Å²) in [5.74, 6) is 0.546. The van der Waals surface area contributed by atoms with Crippen LogP contribution in [0.3, 0.4) is 0 Å². The second-order valence-electron chi connectivity index (χ2n) is 6.45. The summed E-state index contributed by atoms with van der Waals surface area (Å²) < 4.78 is 6.92. The second kappa shape index (κ2) is 10.9. The molecule has 2 aromatic carbocycles.